The number of hydrazine groups is 1. The molecule has 30 heavy (non-hydrogen) atoms. The zero-order chi connectivity index (χ0) is 20.9. The van der Waals surface area contributed by atoms with Gasteiger partial charge in [0.05, 0.1) is 6.04 Å². The summed E-state index contributed by atoms with van der Waals surface area (Å²) in [6.07, 6.45) is 1.53. The van der Waals surface area contributed by atoms with Gasteiger partial charge in [0, 0.05) is 17.7 Å². The van der Waals surface area contributed by atoms with Crippen molar-refractivity contribution in [1.29, 1.82) is 0 Å². The number of hydrogen-bond acceptors (Lipinski definition) is 5. The van der Waals surface area contributed by atoms with Crippen LogP contribution in [0, 0.1) is 5.92 Å². The van der Waals surface area contributed by atoms with Gasteiger partial charge in [0.25, 0.3) is 0 Å². The van der Waals surface area contributed by atoms with Crippen molar-refractivity contribution in [3.63, 3.8) is 0 Å². The van der Waals surface area contributed by atoms with Crippen molar-refractivity contribution >= 4 is 5.78 Å². The summed E-state index contributed by atoms with van der Waals surface area (Å²) in [6.45, 7) is 2.37. The van der Waals surface area contributed by atoms with Crippen LogP contribution in [0.4, 0.5) is 0 Å². The molecule has 1 aliphatic heterocycles. The Morgan fingerprint density at radius 2 is 1.70 bits per heavy atom. The van der Waals surface area contributed by atoms with Gasteiger partial charge in [-0.2, -0.15) is 0 Å². The van der Waals surface area contributed by atoms with Crippen LogP contribution in [0.15, 0.2) is 90.6 Å². The number of aromatic hydroxyl groups is 1. The van der Waals surface area contributed by atoms with E-state index in [1.54, 1.807) is 12.1 Å². The Labute approximate surface area is 176 Å². The monoisotopic (exact) mass is 400 g/mol. The maximum absolute atomic E-state index is 13.1. The number of ketones is 1. The lowest BCUT2D eigenvalue weighted by atomic mass is 9.93. The minimum absolute atomic E-state index is 0.0587. The van der Waals surface area contributed by atoms with Crippen LogP contribution in [0.5, 0.6) is 11.5 Å². The highest BCUT2D eigenvalue weighted by Gasteiger charge is 2.30. The van der Waals surface area contributed by atoms with Crippen LogP contribution in [0.2, 0.25) is 0 Å². The first-order valence-electron chi connectivity index (χ1n) is 9.94. The molecule has 1 heterocycles. The van der Waals surface area contributed by atoms with E-state index in [2.05, 4.69) is 29.9 Å². The van der Waals surface area contributed by atoms with Crippen molar-refractivity contribution in [2.75, 3.05) is 0 Å². The number of hydrogen-bond donors (Lipinski definition) is 3. The molecule has 4 rings (SSSR count). The number of phenols is 1. The predicted molar refractivity (Wildman–Crippen MR) is 116 cm³/mol. The summed E-state index contributed by atoms with van der Waals surface area (Å²) < 4.78 is 5.86. The molecule has 2 atom stereocenters. The van der Waals surface area contributed by atoms with E-state index in [9.17, 15) is 9.90 Å². The number of nitrogens with one attached hydrogen (secondary N) is 2. The van der Waals surface area contributed by atoms with Crippen LogP contribution >= 0.6 is 0 Å². The minimum Gasteiger partial charge on any atom is -0.507 e. The molecule has 0 saturated carbocycles. The Bertz CT molecular complexity index is 1050. The van der Waals surface area contributed by atoms with Gasteiger partial charge in [-0.15, -0.1) is 0 Å². The number of phenolic OH excluding ortho intramolecular Hbond substituents is 1. The van der Waals surface area contributed by atoms with Gasteiger partial charge >= 0.3 is 0 Å². The third kappa shape index (κ3) is 4.21. The Kier molecular flexibility index (Phi) is 5.82. The Morgan fingerprint density at radius 1 is 1.00 bits per heavy atom. The molecule has 3 aromatic carbocycles. The van der Waals surface area contributed by atoms with Gasteiger partial charge in [0.2, 0.25) is 0 Å². The Balaban J connectivity index is 1.55. The smallest absolute Gasteiger partial charge is 0.195 e. The summed E-state index contributed by atoms with van der Waals surface area (Å²) in [7, 11) is 0. The highest BCUT2D eigenvalue weighted by atomic mass is 16.5. The third-order valence-corrected chi connectivity index (χ3v) is 5.30. The van der Waals surface area contributed by atoms with Gasteiger partial charge in [0.1, 0.15) is 23.7 Å². The normalized spacial score (nSPS) is 19.4. The highest BCUT2D eigenvalue weighted by Crippen LogP contribution is 2.33. The first-order chi connectivity index (χ1) is 14.6. The van der Waals surface area contributed by atoms with E-state index in [0.717, 1.165) is 16.8 Å². The predicted octanol–water partition coefficient (Wildman–Crippen LogP) is 4.52. The molecule has 0 radical (unpaired) electrons. The van der Waals surface area contributed by atoms with E-state index in [1.165, 1.54) is 12.1 Å². The molecular weight excluding hydrogens is 376 g/mol. The number of benzene rings is 3. The van der Waals surface area contributed by atoms with Crippen LogP contribution < -0.4 is 15.6 Å². The summed E-state index contributed by atoms with van der Waals surface area (Å²) in [5.74, 6) is 0.0245. The lowest BCUT2D eigenvalue weighted by molar-refractivity contribution is 0.103. The summed E-state index contributed by atoms with van der Waals surface area (Å²) >= 11 is 0. The van der Waals surface area contributed by atoms with Gasteiger partial charge in [-0.05, 0) is 23.3 Å². The second kappa shape index (κ2) is 8.84. The van der Waals surface area contributed by atoms with E-state index in [0.29, 0.717) is 12.4 Å². The van der Waals surface area contributed by atoms with Crippen LogP contribution in [-0.2, 0) is 6.61 Å². The maximum Gasteiger partial charge on any atom is 0.195 e. The zero-order valence-electron chi connectivity index (χ0n) is 16.7. The SMILES string of the molecule is C[C@@H]1/C(=C/C(=O)c2c(O)cccc2OCc2ccccc2)NN[C@@H]1c1ccccc1. The molecule has 0 bridgehead atoms. The van der Waals surface area contributed by atoms with Gasteiger partial charge in [0.15, 0.2) is 5.78 Å². The van der Waals surface area contributed by atoms with E-state index in [4.69, 9.17) is 4.74 Å². The largest absolute Gasteiger partial charge is 0.507 e. The van der Waals surface area contributed by atoms with Crippen LogP contribution in [0.1, 0.15) is 34.5 Å². The van der Waals surface area contributed by atoms with Crippen LogP contribution in [0.3, 0.4) is 0 Å². The van der Waals surface area contributed by atoms with Gasteiger partial charge in [-0.1, -0.05) is 73.7 Å². The first kappa shape index (κ1) is 19.7. The number of ether oxygens (including phenoxy) is 1. The molecule has 0 unspecified atom stereocenters. The summed E-state index contributed by atoms with van der Waals surface area (Å²) in [6, 6.07) is 24.7. The van der Waals surface area contributed by atoms with Crippen molar-refractivity contribution < 1.29 is 14.6 Å². The molecule has 1 fully saturated rings. The number of allylic oxidation sites excluding steroid dienone is 1. The van der Waals surface area contributed by atoms with E-state index < -0.39 is 0 Å². The summed E-state index contributed by atoms with van der Waals surface area (Å²) in [5.41, 5.74) is 9.42. The zero-order valence-corrected chi connectivity index (χ0v) is 16.7. The van der Waals surface area contributed by atoms with Crippen molar-refractivity contribution in [2.24, 2.45) is 5.92 Å². The lowest BCUT2D eigenvalue weighted by Gasteiger charge is -2.14. The van der Waals surface area contributed by atoms with E-state index >= 15 is 0 Å². The molecule has 0 spiro atoms. The van der Waals surface area contributed by atoms with E-state index in [1.807, 2.05) is 48.5 Å². The molecule has 1 saturated heterocycles. The third-order valence-electron chi connectivity index (χ3n) is 5.30. The molecule has 3 N–H and O–H groups in total. The molecule has 0 aliphatic carbocycles. The molecule has 0 aromatic heterocycles. The summed E-state index contributed by atoms with van der Waals surface area (Å²) in [4.78, 5) is 13.1. The average Bonchev–Trinajstić information content (AvgIpc) is 3.13. The topological polar surface area (TPSA) is 70.6 Å². The van der Waals surface area contributed by atoms with Gasteiger partial charge in [-0.3, -0.25) is 4.79 Å². The number of rotatable bonds is 6. The lowest BCUT2D eigenvalue weighted by Crippen LogP contribution is -2.24. The Hall–Kier alpha value is -3.57. The van der Waals surface area contributed by atoms with Crippen LogP contribution in [-0.4, -0.2) is 10.9 Å². The van der Waals surface area contributed by atoms with Crippen molar-refractivity contribution in [3.05, 3.63) is 107 Å². The van der Waals surface area contributed by atoms with Crippen molar-refractivity contribution in [3.8, 4) is 11.5 Å². The number of carbonyl (C=O) groups is 1. The fraction of sp³-hybridized carbons (Fsp3) is 0.160. The summed E-state index contributed by atoms with van der Waals surface area (Å²) in [5, 5.41) is 10.4. The quantitative estimate of drug-likeness (QED) is 0.419. The molecule has 1 aliphatic rings. The molecule has 5 heteroatoms. The molecule has 152 valence electrons. The molecule has 3 aromatic rings. The maximum atomic E-state index is 13.1. The van der Waals surface area contributed by atoms with Gasteiger partial charge < -0.3 is 15.3 Å². The number of carbonyl (C=O) groups excluding carboxylic acids is 1. The highest BCUT2D eigenvalue weighted by molar-refractivity contribution is 6.08. The second-order valence-corrected chi connectivity index (χ2v) is 7.33. The van der Waals surface area contributed by atoms with Crippen LogP contribution in [0.25, 0.3) is 0 Å². The molecule has 5 nitrogen and oxygen atoms in total. The second-order valence-electron chi connectivity index (χ2n) is 7.33. The average molecular weight is 400 g/mol. The van der Waals surface area contributed by atoms with Crippen molar-refractivity contribution in [2.45, 2.75) is 19.6 Å². The molecular formula is C25H24N2O3. The standard InChI is InChI=1S/C25H24N2O3/c1-17-20(26-27-25(17)19-11-6-3-7-12-19)15-22(29)24-21(28)13-8-14-23(24)30-16-18-9-4-2-5-10-18/h2-15,17,25-28H,16H2,1H3/b20-15-/t17-,25+/m1/s1. The molecule has 0 amide bonds. The first-order valence-corrected chi connectivity index (χ1v) is 9.94. The fourth-order valence-corrected chi connectivity index (χ4v) is 3.62. The Morgan fingerprint density at radius 3 is 2.43 bits per heavy atom. The fourth-order valence-electron chi connectivity index (χ4n) is 3.62. The van der Waals surface area contributed by atoms with E-state index in [-0.39, 0.29) is 29.1 Å². The van der Waals surface area contributed by atoms with Crippen molar-refractivity contribution in [1.82, 2.24) is 10.9 Å². The minimum atomic E-state index is -0.305. The van der Waals surface area contributed by atoms with Gasteiger partial charge in [-0.25, -0.2) is 5.43 Å².